The molecule has 1 amide bonds. The first kappa shape index (κ1) is 29.1. The Hall–Kier alpha value is -4.02. The van der Waals surface area contributed by atoms with Gasteiger partial charge in [0.25, 0.3) is 5.91 Å². The number of hydrogen-bond donors (Lipinski definition) is 0. The molecule has 2 aliphatic rings. The number of pyridine rings is 1. The lowest BCUT2D eigenvalue weighted by Crippen LogP contribution is -2.56. The first-order valence-corrected chi connectivity index (χ1v) is 15.1. The Morgan fingerprint density at radius 1 is 1.21 bits per heavy atom. The molecule has 1 aromatic carbocycles. The van der Waals surface area contributed by atoms with Crippen molar-refractivity contribution < 1.29 is 22.7 Å². The van der Waals surface area contributed by atoms with Crippen LogP contribution in [-0.2, 0) is 4.79 Å². The van der Waals surface area contributed by atoms with Gasteiger partial charge in [-0.1, -0.05) is 6.07 Å². The van der Waals surface area contributed by atoms with Crippen molar-refractivity contribution in [1.82, 2.24) is 24.8 Å². The van der Waals surface area contributed by atoms with Gasteiger partial charge in [-0.05, 0) is 56.3 Å². The standard InChI is InChI=1S/C30H30F3N7O2S/c1-17(31)29(41)40-12-11-39(15-19(40)7-9-34)28-21-14-35-26(23-22(32)6-5-18-8-13-43-27(18)23)24(33)25(21)36-30(37-28)42-16-20-4-3-10-38(20)2/h5-6,8,13-14,17,19-20H,3-4,7,10-12,15-16H2,1-2H3/t17?,19-,20-/m0/s1. The number of hydrogen-bond acceptors (Lipinski definition) is 9. The first-order valence-electron chi connectivity index (χ1n) is 14.2. The van der Waals surface area contributed by atoms with Gasteiger partial charge < -0.3 is 19.4 Å². The fourth-order valence-corrected chi connectivity index (χ4v) is 6.87. The highest BCUT2D eigenvalue weighted by atomic mass is 32.1. The third-order valence-corrected chi connectivity index (χ3v) is 9.21. The van der Waals surface area contributed by atoms with E-state index in [0.29, 0.717) is 17.1 Å². The van der Waals surface area contributed by atoms with Crippen LogP contribution in [0.1, 0.15) is 26.2 Å². The molecule has 13 heteroatoms. The molecule has 0 N–H and O–H groups in total. The Morgan fingerprint density at radius 2 is 2.05 bits per heavy atom. The Morgan fingerprint density at radius 3 is 2.79 bits per heavy atom. The number of likely N-dealkylation sites (tertiary alicyclic amines) is 1. The molecule has 0 aliphatic carbocycles. The van der Waals surface area contributed by atoms with E-state index >= 15 is 8.78 Å². The van der Waals surface area contributed by atoms with Gasteiger partial charge in [0, 0.05) is 36.6 Å². The number of aromatic nitrogens is 3. The number of ether oxygens (including phenoxy) is 1. The highest BCUT2D eigenvalue weighted by Gasteiger charge is 2.34. The number of nitriles is 1. The second-order valence-corrected chi connectivity index (χ2v) is 11.9. The van der Waals surface area contributed by atoms with Crippen LogP contribution in [-0.4, -0.2) is 88.7 Å². The molecule has 0 radical (unpaired) electrons. The number of likely N-dealkylation sites (N-methyl/N-ethyl adjacent to an activating group) is 1. The number of fused-ring (bicyclic) bond motifs is 2. The predicted octanol–water partition coefficient (Wildman–Crippen LogP) is 4.95. The van der Waals surface area contributed by atoms with E-state index in [4.69, 9.17) is 4.74 Å². The van der Waals surface area contributed by atoms with Crippen LogP contribution < -0.4 is 9.64 Å². The third kappa shape index (κ3) is 5.45. The zero-order valence-corrected chi connectivity index (χ0v) is 24.6. The van der Waals surface area contributed by atoms with Crippen molar-refractivity contribution in [2.75, 3.05) is 44.7 Å². The molecule has 5 heterocycles. The van der Waals surface area contributed by atoms with Crippen LogP contribution in [0.3, 0.4) is 0 Å². The number of rotatable bonds is 7. The molecule has 2 saturated heterocycles. The number of alkyl halides is 1. The Labute approximate surface area is 250 Å². The third-order valence-electron chi connectivity index (χ3n) is 8.26. The molecule has 1 unspecified atom stereocenters. The molecule has 224 valence electrons. The van der Waals surface area contributed by atoms with Gasteiger partial charge in [0.05, 0.1) is 29.5 Å². The smallest absolute Gasteiger partial charge is 0.319 e. The Kier molecular flexibility index (Phi) is 8.07. The summed E-state index contributed by atoms with van der Waals surface area (Å²) in [4.78, 5) is 31.4. The minimum absolute atomic E-state index is 0.0177. The lowest BCUT2D eigenvalue weighted by molar-refractivity contribution is -0.138. The second-order valence-electron chi connectivity index (χ2n) is 11.0. The van der Waals surface area contributed by atoms with E-state index in [-0.39, 0.29) is 60.3 Å². The number of thiophene rings is 1. The summed E-state index contributed by atoms with van der Waals surface area (Å²) in [5.74, 6) is -1.77. The van der Waals surface area contributed by atoms with Gasteiger partial charge in [-0.2, -0.15) is 15.2 Å². The molecule has 2 fully saturated rings. The normalized spacial score (nSPS) is 20.1. The fraction of sp³-hybridized carbons (Fsp3) is 0.433. The number of carbonyl (C=O) groups excluding carboxylic acids is 1. The van der Waals surface area contributed by atoms with Crippen LogP contribution in [0.4, 0.5) is 19.0 Å². The molecule has 2 aliphatic heterocycles. The number of halogens is 3. The Balaban J connectivity index is 1.44. The van der Waals surface area contributed by atoms with Crippen molar-refractivity contribution in [1.29, 1.82) is 5.26 Å². The summed E-state index contributed by atoms with van der Waals surface area (Å²) >= 11 is 1.30. The molecule has 6 rings (SSSR count). The Bertz CT molecular complexity index is 1730. The summed E-state index contributed by atoms with van der Waals surface area (Å²) < 4.78 is 52.1. The summed E-state index contributed by atoms with van der Waals surface area (Å²) in [5.41, 5.74) is -0.187. The number of benzene rings is 1. The van der Waals surface area contributed by atoms with E-state index in [1.54, 1.807) is 6.07 Å². The van der Waals surface area contributed by atoms with E-state index in [1.165, 1.54) is 35.4 Å². The number of piperazine rings is 1. The first-order chi connectivity index (χ1) is 20.8. The highest BCUT2D eigenvalue weighted by Crippen LogP contribution is 2.38. The minimum atomic E-state index is -1.70. The molecule has 43 heavy (non-hydrogen) atoms. The fourth-order valence-electron chi connectivity index (χ4n) is 5.94. The zero-order valence-electron chi connectivity index (χ0n) is 23.8. The molecular formula is C30H30F3N7O2S. The lowest BCUT2D eigenvalue weighted by atomic mass is 10.1. The van der Waals surface area contributed by atoms with Crippen LogP contribution in [0, 0.1) is 23.0 Å². The molecule has 0 spiro atoms. The van der Waals surface area contributed by atoms with E-state index in [1.807, 2.05) is 23.4 Å². The quantitative estimate of drug-likeness (QED) is 0.291. The van der Waals surface area contributed by atoms with E-state index < -0.39 is 29.8 Å². The van der Waals surface area contributed by atoms with E-state index in [0.717, 1.165) is 24.8 Å². The van der Waals surface area contributed by atoms with Crippen LogP contribution in [0.2, 0.25) is 0 Å². The molecule has 3 aromatic heterocycles. The maximum atomic E-state index is 16.4. The summed E-state index contributed by atoms with van der Waals surface area (Å²) in [5, 5.41) is 12.3. The van der Waals surface area contributed by atoms with E-state index in [2.05, 4.69) is 25.9 Å². The van der Waals surface area contributed by atoms with Crippen molar-refractivity contribution in [3.63, 3.8) is 0 Å². The topological polar surface area (TPSA) is 98.5 Å². The molecule has 0 saturated carbocycles. The summed E-state index contributed by atoms with van der Waals surface area (Å²) in [6.07, 6.45) is 1.69. The van der Waals surface area contributed by atoms with Crippen LogP contribution in [0.25, 0.3) is 32.2 Å². The van der Waals surface area contributed by atoms with Crippen LogP contribution in [0.15, 0.2) is 29.8 Å². The van der Waals surface area contributed by atoms with Crippen LogP contribution in [0.5, 0.6) is 6.01 Å². The molecule has 0 bridgehead atoms. The number of amides is 1. The number of anilines is 1. The minimum Gasteiger partial charge on any atom is -0.462 e. The number of nitrogens with zero attached hydrogens (tertiary/aromatic N) is 7. The van der Waals surface area contributed by atoms with Crippen molar-refractivity contribution in [3.05, 3.63) is 41.4 Å². The maximum Gasteiger partial charge on any atom is 0.319 e. The monoisotopic (exact) mass is 609 g/mol. The second kappa shape index (κ2) is 11.9. The van der Waals surface area contributed by atoms with Crippen molar-refractivity contribution in [3.8, 4) is 23.3 Å². The molecule has 9 nitrogen and oxygen atoms in total. The molecular weight excluding hydrogens is 579 g/mol. The van der Waals surface area contributed by atoms with Gasteiger partial charge in [0.15, 0.2) is 12.0 Å². The largest absolute Gasteiger partial charge is 0.462 e. The maximum absolute atomic E-state index is 16.4. The lowest BCUT2D eigenvalue weighted by Gasteiger charge is -2.41. The predicted molar refractivity (Wildman–Crippen MR) is 158 cm³/mol. The average Bonchev–Trinajstić information content (AvgIpc) is 3.65. The summed E-state index contributed by atoms with van der Waals surface area (Å²) in [7, 11) is 2.01. The van der Waals surface area contributed by atoms with Gasteiger partial charge in [-0.15, -0.1) is 11.3 Å². The zero-order chi connectivity index (χ0) is 30.2. The van der Waals surface area contributed by atoms with Gasteiger partial charge >= 0.3 is 6.01 Å². The van der Waals surface area contributed by atoms with Gasteiger partial charge in [-0.3, -0.25) is 9.78 Å². The van der Waals surface area contributed by atoms with Crippen molar-refractivity contribution in [2.45, 2.75) is 44.4 Å². The summed E-state index contributed by atoms with van der Waals surface area (Å²) in [6.45, 7) is 2.99. The van der Waals surface area contributed by atoms with E-state index in [9.17, 15) is 14.4 Å². The van der Waals surface area contributed by atoms with Gasteiger partial charge in [-0.25, -0.2) is 13.2 Å². The molecule has 4 aromatic rings. The molecule has 3 atom stereocenters. The van der Waals surface area contributed by atoms with Gasteiger partial charge in [0.2, 0.25) is 0 Å². The van der Waals surface area contributed by atoms with Crippen molar-refractivity contribution in [2.24, 2.45) is 0 Å². The number of carbonyl (C=O) groups is 1. The van der Waals surface area contributed by atoms with Crippen LogP contribution >= 0.6 is 11.3 Å². The summed E-state index contributed by atoms with van der Waals surface area (Å²) in [6, 6.07) is 6.36. The van der Waals surface area contributed by atoms with Gasteiger partial charge in [0.1, 0.15) is 29.5 Å². The SMILES string of the molecule is CC(F)C(=O)N1CCN(c2nc(OC[C@@H]3CCCN3C)nc3c(F)c(-c4c(F)ccc5ccsc45)ncc23)C[C@@H]1CC#N. The average molecular weight is 610 g/mol. The van der Waals surface area contributed by atoms with Crippen molar-refractivity contribution >= 4 is 44.1 Å². The highest BCUT2D eigenvalue weighted by molar-refractivity contribution is 7.17.